The Morgan fingerprint density at radius 1 is 1.22 bits per heavy atom. The van der Waals surface area contributed by atoms with E-state index in [0.29, 0.717) is 12.2 Å². The molecule has 0 saturated carbocycles. The average Bonchev–Trinajstić information content (AvgIpc) is 2.88. The molecule has 23 heavy (non-hydrogen) atoms. The first-order chi connectivity index (χ1) is 11.1. The molecular formula is C18H14BrN3O. The van der Waals surface area contributed by atoms with E-state index in [9.17, 15) is 10.4 Å². The fourth-order valence-corrected chi connectivity index (χ4v) is 2.76. The fraction of sp³-hybridized carbons (Fsp3) is 0.111. The second kappa shape index (κ2) is 6.27. The minimum Gasteiger partial charge on any atom is -0.510 e. The zero-order chi connectivity index (χ0) is 16.4. The molecule has 114 valence electrons. The summed E-state index contributed by atoms with van der Waals surface area (Å²) in [6.45, 7) is 0. The standard InChI is InChI=1S/C18H14BrN3O/c1-22-16-5-3-2-4-15(16)21-18(22)14(11-20)17(23)10-12-6-8-13(19)9-7-12/h2-9,23H,10H2,1H3/b17-14-. The Morgan fingerprint density at radius 2 is 1.91 bits per heavy atom. The lowest BCUT2D eigenvalue weighted by atomic mass is 10.1. The summed E-state index contributed by atoms with van der Waals surface area (Å²) in [7, 11) is 1.84. The van der Waals surface area contributed by atoms with Crippen LogP contribution in [-0.4, -0.2) is 14.7 Å². The van der Waals surface area contributed by atoms with Gasteiger partial charge in [0.05, 0.1) is 11.0 Å². The second-order valence-electron chi connectivity index (χ2n) is 5.22. The van der Waals surface area contributed by atoms with Crippen LogP contribution in [0, 0.1) is 11.3 Å². The van der Waals surface area contributed by atoms with E-state index >= 15 is 0 Å². The van der Waals surface area contributed by atoms with Crippen LogP contribution in [0.15, 0.2) is 58.8 Å². The van der Waals surface area contributed by atoms with Crippen molar-refractivity contribution in [2.75, 3.05) is 0 Å². The molecule has 0 aliphatic rings. The third kappa shape index (κ3) is 2.99. The molecule has 2 aromatic carbocycles. The number of hydrogen-bond donors (Lipinski definition) is 1. The molecule has 0 atom stereocenters. The van der Waals surface area contributed by atoms with E-state index in [2.05, 4.69) is 27.0 Å². The van der Waals surface area contributed by atoms with Gasteiger partial charge >= 0.3 is 0 Å². The number of halogens is 1. The summed E-state index contributed by atoms with van der Waals surface area (Å²) in [4.78, 5) is 4.48. The Kier molecular flexibility index (Phi) is 4.18. The molecule has 1 N–H and O–H groups in total. The van der Waals surface area contributed by atoms with Crippen molar-refractivity contribution >= 4 is 32.5 Å². The molecular weight excluding hydrogens is 354 g/mol. The summed E-state index contributed by atoms with van der Waals surface area (Å²) in [5.41, 5.74) is 2.85. The van der Waals surface area contributed by atoms with Gasteiger partial charge in [-0.3, -0.25) is 0 Å². The highest BCUT2D eigenvalue weighted by molar-refractivity contribution is 9.10. The van der Waals surface area contributed by atoms with Gasteiger partial charge in [-0.2, -0.15) is 5.26 Å². The lowest BCUT2D eigenvalue weighted by Gasteiger charge is -2.06. The van der Waals surface area contributed by atoms with Gasteiger partial charge in [0.1, 0.15) is 17.4 Å². The highest BCUT2D eigenvalue weighted by atomic mass is 79.9. The van der Waals surface area contributed by atoms with E-state index in [4.69, 9.17) is 0 Å². The van der Waals surface area contributed by atoms with Gasteiger partial charge in [0.15, 0.2) is 5.82 Å². The third-order valence-electron chi connectivity index (χ3n) is 3.70. The molecule has 3 aromatic rings. The second-order valence-corrected chi connectivity index (χ2v) is 6.14. The predicted molar refractivity (Wildman–Crippen MR) is 93.7 cm³/mol. The van der Waals surface area contributed by atoms with Gasteiger partial charge in [0.2, 0.25) is 0 Å². The van der Waals surface area contributed by atoms with Gasteiger partial charge in [0.25, 0.3) is 0 Å². The molecule has 1 heterocycles. The Morgan fingerprint density at radius 3 is 2.57 bits per heavy atom. The van der Waals surface area contributed by atoms with Crippen molar-refractivity contribution < 1.29 is 5.11 Å². The molecule has 0 unspecified atom stereocenters. The molecule has 0 aliphatic carbocycles. The summed E-state index contributed by atoms with van der Waals surface area (Å²) in [5.74, 6) is 0.497. The summed E-state index contributed by atoms with van der Waals surface area (Å²) in [6.07, 6.45) is 0.291. The van der Waals surface area contributed by atoms with Crippen LogP contribution in [0.25, 0.3) is 16.6 Å². The van der Waals surface area contributed by atoms with Crippen molar-refractivity contribution in [3.8, 4) is 6.07 Å². The van der Waals surface area contributed by atoms with Crippen LogP contribution in [0.3, 0.4) is 0 Å². The first-order valence-corrected chi connectivity index (χ1v) is 7.88. The number of benzene rings is 2. The van der Waals surface area contributed by atoms with E-state index in [1.54, 1.807) is 0 Å². The number of hydrogen-bond acceptors (Lipinski definition) is 3. The molecule has 5 heteroatoms. The first-order valence-electron chi connectivity index (χ1n) is 7.08. The maximum absolute atomic E-state index is 10.4. The van der Waals surface area contributed by atoms with Crippen molar-refractivity contribution in [2.45, 2.75) is 6.42 Å². The lowest BCUT2D eigenvalue weighted by Crippen LogP contribution is -2.01. The number of aliphatic hydroxyl groups is 1. The Bertz CT molecular complexity index is 933. The lowest BCUT2D eigenvalue weighted by molar-refractivity contribution is 0.401. The largest absolute Gasteiger partial charge is 0.510 e. The maximum Gasteiger partial charge on any atom is 0.155 e. The summed E-state index contributed by atoms with van der Waals surface area (Å²) in [5, 5.41) is 19.9. The molecule has 1 aromatic heterocycles. The van der Waals surface area contributed by atoms with Crippen LogP contribution in [0.5, 0.6) is 0 Å². The van der Waals surface area contributed by atoms with Crippen LogP contribution < -0.4 is 0 Å². The molecule has 3 rings (SSSR count). The van der Waals surface area contributed by atoms with Crippen LogP contribution in [0.2, 0.25) is 0 Å². The van der Waals surface area contributed by atoms with E-state index in [1.165, 1.54) is 0 Å². The highest BCUT2D eigenvalue weighted by Gasteiger charge is 2.16. The number of allylic oxidation sites excluding steroid dienone is 2. The van der Waals surface area contributed by atoms with Crippen LogP contribution in [-0.2, 0) is 13.5 Å². The quantitative estimate of drug-likeness (QED) is 0.552. The number of aromatic nitrogens is 2. The number of para-hydroxylation sites is 2. The number of nitriles is 1. The monoisotopic (exact) mass is 367 g/mol. The molecule has 0 amide bonds. The molecule has 0 aliphatic heterocycles. The number of fused-ring (bicyclic) bond motifs is 1. The van der Waals surface area contributed by atoms with E-state index < -0.39 is 0 Å². The Balaban J connectivity index is 2.04. The topological polar surface area (TPSA) is 61.8 Å². The summed E-state index contributed by atoms with van der Waals surface area (Å²) >= 11 is 3.38. The maximum atomic E-state index is 10.4. The predicted octanol–water partition coefficient (Wildman–Crippen LogP) is 4.37. The van der Waals surface area contributed by atoms with Crippen molar-refractivity contribution in [3.63, 3.8) is 0 Å². The number of nitrogens with zero attached hydrogens (tertiary/aromatic N) is 3. The minimum absolute atomic E-state index is 0.0215. The van der Waals surface area contributed by atoms with Crippen molar-refractivity contribution in [3.05, 3.63) is 70.2 Å². The smallest absolute Gasteiger partial charge is 0.155 e. The van der Waals surface area contributed by atoms with Crippen molar-refractivity contribution in [2.24, 2.45) is 7.05 Å². The fourth-order valence-electron chi connectivity index (χ4n) is 2.50. The number of rotatable bonds is 3. The van der Waals surface area contributed by atoms with E-state index in [-0.39, 0.29) is 11.3 Å². The van der Waals surface area contributed by atoms with Crippen molar-refractivity contribution in [1.29, 1.82) is 5.26 Å². The van der Waals surface area contributed by atoms with Gasteiger partial charge < -0.3 is 9.67 Å². The Hall–Kier alpha value is -2.58. The van der Waals surface area contributed by atoms with Gasteiger partial charge in [-0.25, -0.2) is 4.98 Å². The van der Waals surface area contributed by atoms with Gasteiger partial charge in [-0.05, 0) is 29.8 Å². The molecule has 0 radical (unpaired) electrons. The first kappa shape index (κ1) is 15.3. The minimum atomic E-state index is 0.0215. The zero-order valence-electron chi connectivity index (χ0n) is 12.5. The molecule has 4 nitrogen and oxygen atoms in total. The van der Waals surface area contributed by atoms with Gasteiger partial charge in [-0.15, -0.1) is 0 Å². The van der Waals surface area contributed by atoms with Gasteiger partial charge in [0, 0.05) is 17.9 Å². The summed E-state index contributed by atoms with van der Waals surface area (Å²) in [6, 6.07) is 17.4. The summed E-state index contributed by atoms with van der Waals surface area (Å²) < 4.78 is 2.80. The van der Waals surface area contributed by atoms with Gasteiger partial charge in [-0.1, -0.05) is 40.2 Å². The van der Waals surface area contributed by atoms with Crippen LogP contribution >= 0.6 is 15.9 Å². The number of imidazole rings is 1. The molecule has 0 saturated heterocycles. The molecule has 0 fully saturated rings. The van der Waals surface area contributed by atoms with Crippen LogP contribution in [0.1, 0.15) is 11.4 Å². The number of aryl methyl sites for hydroxylation is 1. The van der Waals surface area contributed by atoms with Crippen LogP contribution in [0.4, 0.5) is 0 Å². The normalized spacial score (nSPS) is 12.0. The van der Waals surface area contributed by atoms with E-state index in [1.807, 2.05) is 60.1 Å². The third-order valence-corrected chi connectivity index (χ3v) is 4.22. The molecule has 0 bridgehead atoms. The van der Waals surface area contributed by atoms with E-state index in [0.717, 1.165) is 21.1 Å². The SMILES string of the molecule is Cn1c(/C(C#N)=C(\O)Cc2ccc(Br)cc2)nc2ccccc21. The van der Waals surface area contributed by atoms with Crippen molar-refractivity contribution in [1.82, 2.24) is 9.55 Å². The average molecular weight is 368 g/mol. The molecule has 0 spiro atoms. The zero-order valence-corrected chi connectivity index (χ0v) is 14.1. The highest BCUT2D eigenvalue weighted by Crippen LogP contribution is 2.23. The Labute approximate surface area is 142 Å². The number of aliphatic hydroxyl groups excluding tert-OH is 1.